The number of aromatic nitrogens is 2. The van der Waals surface area contributed by atoms with Gasteiger partial charge < -0.3 is 5.73 Å². The molecular formula is C15H23N3S. The van der Waals surface area contributed by atoms with Crippen molar-refractivity contribution in [3.05, 3.63) is 39.8 Å². The molecule has 0 saturated carbocycles. The molecule has 19 heavy (non-hydrogen) atoms. The molecule has 0 radical (unpaired) electrons. The largest absolute Gasteiger partial charge is 0.323 e. The fourth-order valence-electron chi connectivity index (χ4n) is 2.33. The summed E-state index contributed by atoms with van der Waals surface area (Å²) in [6.45, 7) is 6.52. The van der Waals surface area contributed by atoms with Crippen molar-refractivity contribution in [3.63, 3.8) is 0 Å². The summed E-state index contributed by atoms with van der Waals surface area (Å²) < 4.78 is 2.09. The van der Waals surface area contributed by atoms with Gasteiger partial charge in [-0.05, 0) is 38.0 Å². The molecule has 2 heterocycles. The van der Waals surface area contributed by atoms with Crippen LogP contribution in [0.4, 0.5) is 0 Å². The summed E-state index contributed by atoms with van der Waals surface area (Å²) in [5.41, 5.74) is 7.34. The maximum absolute atomic E-state index is 6.25. The predicted octanol–water partition coefficient (Wildman–Crippen LogP) is 3.86. The second-order valence-electron chi connectivity index (χ2n) is 5.02. The first-order valence-corrected chi connectivity index (χ1v) is 7.81. The Morgan fingerprint density at radius 3 is 2.58 bits per heavy atom. The van der Waals surface area contributed by atoms with Gasteiger partial charge in [0, 0.05) is 28.4 Å². The van der Waals surface area contributed by atoms with Crippen LogP contribution < -0.4 is 5.73 Å². The zero-order valence-corrected chi connectivity index (χ0v) is 12.8. The van der Waals surface area contributed by atoms with Gasteiger partial charge in [-0.15, -0.1) is 11.3 Å². The molecule has 2 aromatic heterocycles. The van der Waals surface area contributed by atoms with E-state index in [0.29, 0.717) is 6.04 Å². The standard InChI is InChI=1S/C15H23N3S/c1-4-13(5-2)18-9-8-12(17-18)10-14(16)15-7-6-11(3)19-15/h6-9,13-14H,4-5,10,16H2,1-3H3. The van der Waals surface area contributed by atoms with Gasteiger partial charge in [-0.3, -0.25) is 4.68 Å². The number of thiophene rings is 1. The molecule has 0 aromatic carbocycles. The van der Waals surface area contributed by atoms with Gasteiger partial charge in [0.1, 0.15) is 0 Å². The van der Waals surface area contributed by atoms with Crippen molar-refractivity contribution in [2.24, 2.45) is 5.73 Å². The van der Waals surface area contributed by atoms with E-state index in [1.54, 1.807) is 11.3 Å². The zero-order valence-electron chi connectivity index (χ0n) is 12.0. The summed E-state index contributed by atoms with van der Waals surface area (Å²) in [7, 11) is 0. The van der Waals surface area contributed by atoms with E-state index in [0.717, 1.165) is 25.0 Å². The number of nitrogens with zero attached hydrogens (tertiary/aromatic N) is 2. The lowest BCUT2D eigenvalue weighted by molar-refractivity contribution is 0.424. The number of nitrogens with two attached hydrogens (primary N) is 1. The summed E-state index contributed by atoms with van der Waals surface area (Å²) in [5, 5.41) is 4.67. The second-order valence-corrected chi connectivity index (χ2v) is 6.34. The van der Waals surface area contributed by atoms with E-state index in [1.165, 1.54) is 9.75 Å². The molecule has 0 spiro atoms. The highest BCUT2D eigenvalue weighted by atomic mass is 32.1. The lowest BCUT2D eigenvalue weighted by Gasteiger charge is -2.13. The molecule has 0 aliphatic carbocycles. The van der Waals surface area contributed by atoms with E-state index in [9.17, 15) is 0 Å². The minimum absolute atomic E-state index is 0.0590. The van der Waals surface area contributed by atoms with Gasteiger partial charge in [0.25, 0.3) is 0 Å². The molecule has 0 saturated heterocycles. The molecule has 2 rings (SSSR count). The number of rotatable bonds is 6. The van der Waals surface area contributed by atoms with Gasteiger partial charge in [0.15, 0.2) is 0 Å². The Balaban J connectivity index is 2.03. The first-order valence-electron chi connectivity index (χ1n) is 7.00. The van der Waals surface area contributed by atoms with Crippen molar-refractivity contribution in [3.8, 4) is 0 Å². The minimum Gasteiger partial charge on any atom is -0.323 e. The molecule has 2 N–H and O–H groups in total. The maximum Gasteiger partial charge on any atom is 0.0643 e. The number of hydrogen-bond acceptors (Lipinski definition) is 3. The average molecular weight is 277 g/mol. The number of hydrogen-bond donors (Lipinski definition) is 1. The Labute approximate surface area is 119 Å². The normalized spacial score (nSPS) is 13.1. The Hall–Kier alpha value is -1.13. The van der Waals surface area contributed by atoms with Crippen LogP contribution in [0.5, 0.6) is 0 Å². The molecule has 4 heteroatoms. The molecular weight excluding hydrogens is 254 g/mol. The second kappa shape index (κ2) is 6.35. The zero-order chi connectivity index (χ0) is 13.8. The topological polar surface area (TPSA) is 43.8 Å². The van der Waals surface area contributed by atoms with E-state index in [4.69, 9.17) is 5.73 Å². The smallest absolute Gasteiger partial charge is 0.0643 e. The number of aryl methyl sites for hydroxylation is 1. The first kappa shape index (κ1) is 14.3. The molecule has 104 valence electrons. The van der Waals surface area contributed by atoms with Gasteiger partial charge in [0.05, 0.1) is 11.7 Å². The Bertz CT molecular complexity index is 511. The van der Waals surface area contributed by atoms with Crippen LogP contribution in [0, 0.1) is 6.92 Å². The van der Waals surface area contributed by atoms with Crippen molar-refractivity contribution < 1.29 is 0 Å². The Morgan fingerprint density at radius 1 is 1.26 bits per heavy atom. The predicted molar refractivity (Wildman–Crippen MR) is 81.5 cm³/mol. The fourth-order valence-corrected chi connectivity index (χ4v) is 3.21. The van der Waals surface area contributed by atoms with Crippen LogP contribution in [0.3, 0.4) is 0 Å². The molecule has 0 aliphatic rings. The van der Waals surface area contributed by atoms with Crippen LogP contribution in [-0.4, -0.2) is 9.78 Å². The molecule has 0 aliphatic heterocycles. The molecule has 1 atom stereocenters. The van der Waals surface area contributed by atoms with Crippen molar-refractivity contribution in [1.29, 1.82) is 0 Å². The van der Waals surface area contributed by atoms with E-state index in [1.807, 2.05) is 0 Å². The van der Waals surface area contributed by atoms with Crippen LogP contribution in [-0.2, 0) is 6.42 Å². The Kier molecular flexibility index (Phi) is 4.77. The lowest BCUT2D eigenvalue weighted by atomic mass is 10.1. The van der Waals surface area contributed by atoms with Gasteiger partial charge in [-0.1, -0.05) is 13.8 Å². The SMILES string of the molecule is CCC(CC)n1ccc(CC(N)c2ccc(C)s2)n1. The lowest BCUT2D eigenvalue weighted by Crippen LogP contribution is -2.13. The minimum atomic E-state index is 0.0590. The molecule has 0 fully saturated rings. The van der Waals surface area contributed by atoms with Crippen LogP contribution >= 0.6 is 11.3 Å². The van der Waals surface area contributed by atoms with Crippen molar-refractivity contribution in [2.45, 2.75) is 52.1 Å². The first-order chi connectivity index (χ1) is 9.13. The van der Waals surface area contributed by atoms with E-state index in [-0.39, 0.29) is 6.04 Å². The summed E-state index contributed by atoms with van der Waals surface area (Å²) in [6.07, 6.45) is 5.13. The summed E-state index contributed by atoms with van der Waals surface area (Å²) in [5.74, 6) is 0. The third-order valence-corrected chi connectivity index (χ3v) is 4.67. The van der Waals surface area contributed by atoms with Crippen LogP contribution in [0.15, 0.2) is 24.4 Å². The highest BCUT2D eigenvalue weighted by Gasteiger charge is 2.13. The summed E-state index contributed by atoms with van der Waals surface area (Å²) in [4.78, 5) is 2.56. The monoisotopic (exact) mass is 277 g/mol. The third-order valence-electron chi connectivity index (χ3n) is 3.54. The molecule has 2 aromatic rings. The summed E-state index contributed by atoms with van der Waals surface area (Å²) >= 11 is 1.78. The molecule has 3 nitrogen and oxygen atoms in total. The molecule has 1 unspecified atom stereocenters. The van der Waals surface area contributed by atoms with E-state index >= 15 is 0 Å². The van der Waals surface area contributed by atoms with Crippen LogP contribution in [0.2, 0.25) is 0 Å². The highest BCUT2D eigenvalue weighted by Crippen LogP contribution is 2.24. The van der Waals surface area contributed by atoms with Crippen LogP contribution in [0.1, 0.15) is 54.2 Å². The van der Waals surface area contributed by atoms with Gasteiger partial charge in [-0.25, -0.2) is 0 Å². The molecule has 0 bridgehead atoms. The van der Waals surface area contributed by atoms with Crippen molar-refractivity contribution in [1.82, 2.24) is 9.78 Å². The maximum atomic E-state index is 6.25. The fraction of sp³-hybridized carbons (Fsp3) is 0.533. The van der Waals surface area contributed by atoms with Crippen LogP contribution in [0.25, 0.3) is 0 Å². The quantitative estimate of drug-likeness (QED) is 0.871. The van der Waals surface area contributed by atoms with Crippen molar-refractivity contribution >= 4 is 11.3 Å². The average Bonchev–Trinajstić information content (AvgIpc) is 3.00. The van der Waals surface area contributed by atoms with Gasteiger partial charge in [0.2, 0.25) is 0 Å². The Morgan fingerprint density at radius 2 is 2.00 bits per heavy atom. The highest BCUT2D eigenvalue weighted by molar-refractivity contribution is 7.12. The summed E-state index contributed by atoms with van der Waals surface area (Å²) in [6, 6.07) is 6.92. The van der Waals surface area contributed by atoms with E-state index in [2.05, 4.69) is 54.9 Å². The van der Waals surface area contributed by atoms with Gasteiger partial charge >= 0.3 is 0 Å². The van der Waals surface area contributed by atoms with Crippen molar-refractivity contribution in [2.75, 3.05) is 0 Å². The molecule has 0 amide bonds. The third kappa shape index (κ3) is 3.45. The van der Waals surface area contributed by atoms with E-state index < -0.39 is 0 Å². The van der Waals surface area contributed by atoms with Gasteiger partial charge in [-0.2, -0.15) is 5.10 Å².